The Morgan fingerprint density at radius 1 is 1.00 bits per heavy atom. The van der Waals surface area contributed by atoms with E-state index in [4.69, 9.17) is 4.74 Å². The van der Waals surface area contributed by atoms with Crippen molar-refractivity contribution in [3.8, 4) is 17.0 Å². The zero-order chi connectivity index (χ0) is 20.5. The number of rotatable bonds is 4. The molecule has 1 aliphatic heterocycles. The maximum atomic E-state index is 13.5. The van der Waals surface area contributed by atoms with Crippen LogP contribution in [0.25, 0.3) is 11.3 Å². The van der Waals surface area contributed by atoms with Gasteiger partial charge >= 0.3 is 0 Å². The van der Waals surface area contributed by atoms with Crippen molar-refractivity contribution in [2.24, 2.45) is 0 Å². The van der Waals surface area contributed by atoms with Gasteiger partial charge in [0.25, 0.3) is 5.91 Å². The van der Waals surface area contributed by atoms with Crippen LogP contribution in [0.5, 0.6) is 5.75 Å². The number of amides is 1. The van der Waals surface area contributed by atoms with Crippen LogP contribution >= 0.6 is 0 Å². The zero-order valence-corrected chi connectivity index (χ0v) is 16.2. The zero-order valence-electron chi connectivity index (χ0n) is 16.2. The molecule has 148 valence electrons. The minimum atomic E-state index is -0.449. The highest BCUT2D eigenvalue weighted by Crippen LogP contribution is 2.39. The Morgan fingerprint density at radius 2 is 1.83 bits per heavy atom. The molecule has 0 saturated carbocycles. The number of aromatic nitrogens is 3. The Morgan fingerprint density at radius 3 is 2.60 bits per heavy atom. The number of para-hydroxylation sites is 1. The Balaban J connectivity index is 1.65. The van der Waals surface area contributed by atoms with Crippen LogP contribution in [0.3, 0.4) is 0 Å². The monoisotopic (exact) mass is 397 g/mol. The molecular formula is C23H19N5O2. The topological polar surface area (TPSA) is 83.1 Å². The van der Waals surface area contributed by atoms with Crippen LogP contribution in [0.15, 0.2) is 79.3 Å². The highest BCUT2D eigenvalue weighted by atomic mass is 16.5. The first-order valence-electron chi connectivity index (χ1n) is 9.53. The van der Waals surface area contributed by atoms with E-state index in [0.29, 0.717) is 5.56 Å². The van der Waals surface area contributed by atoms with Crippen molar-refractivity contribution in [3.63, 3.8) is 0 Å². The second-order valence-electron chi connectivity index (χ2n) is 6.91. The molecule has 7 nitrogen and oxygen atoms in total. The van der Waals surface area contributed by atoms with Gasteiger partial charge in [-0.1, -0.05) is 12.1 Å². The minimum absolute atomic E-state index is 0.0853. The fourth-order valence-electron chi connectivity index (χ4n) is 3.72. The van der Waals surface area contributed by atoms with E-state index in [1.165, 1.54) is 0 Å². The summed E-state index contributed by atoms with van der Waals surface area (Å²) in [5.74, 6) is 0.644. The first kappa shape index (κ1) is 17.9. The molecule has 4 aromatic rings. The fourth-order valence-corrected chi connectivity index (χ4v) is 3.72. The molecule has 30 heavy (non-hydrogen) atoms. The van der Waals surface area contributed by atoms with Gasteiger partial charge in [-0.15, -0.1) is 0 Å². The molecule has 0 fully saturated rings. The second kappa shape index (κ2) is 7.36. The van der Waals surface area contributed by atoms with Crippen LogP contribution in [0, 0.1) is 0 Å². The van der Waals surface area contributed by atoms with E-state index in [9.17, 15) is 4.79 Å². The molecule has 3 heterocycles. The highest BCUT2D eigenvalue weighted by Gasteiger charge is 2.36. The number of anilines is 2. The molecule has 2 N–H and O–H groups in total. The maximum absolute atomic E-state index is 13.5. The number of nitrogens with zero attached hydrogens (tertiary/aromatic N) is 3. The molecule has 2 aromatic heterocycles. The van der Waals surface area contributed by atoms with Crippen LogP contribution in [0.1, 0.15) is 22.1 Å². The standard InChI is InChI=1S/C23H19N5O2/c1-30-17-10-8-16(9-11-17)28-22(26-20-7-3-2-6-18(20)23(28)29)19-14-25-27-21(19)15-5-4-12-24-13-15/h2-14,22,26H,1H3,(H,25,27). The van der Waals surface area contributed by atoms with E-state index in [0.717, 1.165) is 33.9 Å². The summed E-state index contributed by atoms with van der Waals surface area (Å²) in [6, 6.07) is 18.8. The third-order valence-electron chi connectivity index (χ3n) is 5.19. The fraction of sp³-hybridized carbons (Fsp3) is 0.0870. The molecule has 1 amide bonds. The Labute approximate surface area is 173 Å². The average Bonchev–Trinajstić information content (AvgIpc) is 3.30. The van der Waals surface area contributed by atoms with Crippen molar-refractivity contribution >= 4 is 17.3 Å². The molecule has 0 radical (unpaired) electrons. The molecular weight excluding hydrogens is 378 g/mol. The Hall–Kier alpha value is -4.13. The average molecular weight is 397 g/mol. The van der Waals surface area contributed by atoms with E-state index in [1.807, 2.05) is 60.7 Å². The molecule has 5 rings (SSSR count). The van der Waals surface area contributed by atoms with E-state index in [1.54, 1.807) is 30.6 Å². The molecule has 0 aliphatic carbocycles. The lowest BCUT2D eigenvalue weighted by molar-refractivity contribution is 0.0975. The number of hydrogen-bond acceptors (Lipinski definition) is 5. The maximum Gasteiger partial charge on any atom is 0.262 e. The SMILES string of the molecule is COc1ccc(N2C(=O)c3ccccc3NC2c2cn[nH]c2-c2cccnc2)cc1. The predicted molar refractivity (Wildman–Crippen MR) is 114 cm³/mol. The van der Waals surface area contributed by atoms with Gasteiger partial charge in [0.2, 0.25) is 0 Å². The summed E-state index contributed by atoms with van der Waals surface area (Å²) in [5, 5.41) is 10.8. The van der Waals surface area contributed by atoms with Gasteiger partial charge in [0.15, 0.2) is 0 Å². The molecule has 1 aliphatic rings. The minimum Gasteiger partial charge on any atom is -0.497 e. The van der Waals surface area contributed by atoms with Crippen molar-refractivity contribution in [1.82, 2.24) is 15.2 Å². The van der Waals surface area contributed by atoms with Crippen molar-refractivity contribution in [2.45, 2.75) is 6.17 Å². The number of nitrogens with one attached hydrogen (secondary N) is 2. The number of carbonyl (C=O) groups excluding carboxylic acids is 1. The summed E-state index contributed by atoms with van der Waals surface area (Å²) in [6.45, 7) is 0. The van der Waals surface area contributed by atoms with Gasteiger partial charge in [-0.2, -0.15) is 5.10 Å². The van der Waals surface area contributed by atoms with Gasteiger partial charge in [-0.3, -0.25) is 19.8 Å². The molecule has 0 spiro atoms. The lowest BCUT2D eigenvalue weighted by Gasteiger charge is -2.38. The Kier molecular flexibility index (Phi) is 4.40. The number of ether oxygens (including phenoxy) is 1. The summed E-state index contributed by atoms with van der Waals surface area (Å²) < 4.78 is 5.27. The van der Waals surface area contributed by atoms with Crippen molar-refractivity contribution in [3.05, 3.63) is 90.4 Å². The third-order valence-corrected chi connectivity index (χ3v) is 5.19. The van der Waals surface area contributed by atoms with Crippen molar-refractivity contribution in [2.75, 3.05) is 17.3 Å². The molecule has 7 heteroatoms. The van der Waals surface area contributed by atoms with Gasteiger partial charge in [0.1, 0.15) is 11.9 Å². The van der Waals surface area contributed by atoms with Crippen molar-refractivity contribution in [1.29, 1.82) is 0 Å². The van der Waals surface area contributed by atoms with Crippen LogP contribution in [-0.4, -0.2) is 28.2 Å². The predicted octanol–water partition coefficient (Wildman–Crippen LogP) is 4.25. The summed E-state index contributed by atoms with van der Waals surface area (Å²) in [6.07, 6.45) is 4.79. The first-order valence-corrected chi connectivity index (χ1v) is 9.53. The number of pyridine rings is 1. The quantitative estimate of drug-likeness (QED) is 0.538. The van der Waals surface area contributed by atoms with E-state index < -0.39 is 6.17 Å². The van der Waals surface area contributed by atoms with Crippen LogP contribution in [-0.2, 0) is 0 Å². The molecule has 1 unspecified atom stereocenters. The normalized spacial score (nSPS) is 15.4. The number of carbonyl (C=O) groups is 1. The number of benzene rings is 2. The second-order valence-corrected chi connectivity index (χ2v) is 6.91. The number of fused-ring (bicyclic) bond motifs is 1. The summed E-state index contributed by atoms with van der Waals surface area (Å²) >= 11 is 0. The molecule has 2 aromatic carbocycles. The summed E-state index contributed by atoms with van der Waals surface area (Å²) in [4.78, 5) is 19.5. The van der Waals surface area contributed by atoms with E-state index in [-0.39, 0.29) is 5.91 Å². The van der Waals surface area contributed by atoms with Gasteiger partial charge in [-0.25, -0.2) is 0 Å². The van der Waals surface area contributed by atoms with Gasteiger partial charge < -0.3 is 10.1 Å². The number of H-pyrrole nitrogens is 1. The van der Waals surface area contributed by atoms with Gasteiger partial charge in [-0.05, 0) is 48.5 Å². The van der Waals surface area contributed by atoms with Gasteiger partial charge in [0.05, 0.1) is 24.6 Å². The number of aromatic amines is 1. The van der Waals surface area contributed by atoms with Crippen LogP contribution in [0.4, 0.5) is 11.4 Å². The smallest absolute Gasteiger partial charge is 0.262 e. The summed E-state index contributed by atoms with van der Waals surface area (Å²) in [7, 11) is 1.62. The largest absolute Gasteiger partial charge is 0.497 e. The molecule has 0 bridgehead atoms. The highest BCUT2D eigenvalue weighted by molar-refractivity contribution is 6.12. The summed E-state index contributed by atoms with van der Waals surface area (Å²) in [5.41, 5.74) is 4.72. The first-order chi connectivity index (χ1) is 14.8. The molecule has 0 saturated heterocycles. The van der Waals surface area contributed by atoms with Gasteiger partial charge in [0, 0.05) is 34.9 Å². The van der Waals surface area contributed by atoms with Crippen molar-refractivity contribution < 1.29 is 9.53 Å². The van der Waals surface area contributed by atoms with Crippen LogP contribution in [0.2, 0.25) is 0 Å². The number of hydrogen-bond donors (Lipinski definition) is 2. The van der Waals surface area contributed by atoms with E-state index in [2.05, 4.69) is 20.5 Å². The molecule has 1 atom stereocenters. The number of methoxy groups -OCH3 is 1. The van der Waals surface area contributed by atoms with Crippen LogP contribution < -0.4 is 15.0 Å². The Bertz CT molecular complexity index is 1190. The lowest BCUT2D eigenvalue weighted by atomic mass is 10.0. The lowest BCUT2D eigenvalue weighted by Crippen LogP contribution is -2.43. The van der Waals surface area contributed by atoms with E-state index >= 15 is 0 Å². The third kappa shape index (κ3) is 2.97.